The molecule has 0 unspecified atom stereocenters. The summed E-state index contributed by atoms with van der Waals surface area (Å²) in [4.78, 5) is 10.2. The SMILES string of the molecule is CC[C@@H](O)[C@H](N)C(N)=O. The quantitative estimate of drug-likeness (QED) is 0.439. The fraction of sp³-hybridized carbons (Fsp3) is 0.800. The minimum Gasteiger partial charge on any atom is -0.391 e. The molecule has 0 rings (SSSR count). The van der Waals surface area contributed by atoms with Crippen LogP contribution in [-0.4, -0.2) is 23.2 Å². The summed E-state index contributed by atoms with van der Waals surface area (Å²) in [5, 5.41) is 8.87. The first-order chi connectivity index (χ1) is 4.09. The van der Waals surface area contributed by atoms with Gasteiger partial charge in [0, 0.05) is 0 Å². The molecule has 9 heavy (non-hydrogen) atoms. The zero-order valence-corrected chi connectivity index (χ0v) is 5.37. The Morgan fingerprint density at radius 3 is 2.33 bits per heavy atom. The van der Waals surface area contributed by atoms with E-state index in [9.17, 15) is 4.79 Å². The molecule has 0 bridgehead atoms. The second kappa shape index (κ2) is 3.42. The molecule has 0 aromatic rings. The average molecular weight is 132 g/mol. The predicted molar refractivity (Wildman–Crippen MR) is 33.5 cm³/mol. The maximum atomic E-state index is 10.2. The van der Waals surface area contributed by atoms with Crippen LogP contribution in [0.25, 0.3) is 0 Å². The molecule has 0 saturated carbocycles. The van der Waals surface area contributed by atoms with Gasteiger partial charge in [-0.3, -0.25) is 4.79 Å². The molecule has 0 saturated heterocycles. The molecule has 4 heteroatoms. The maximum Gasteiger partial charge on any atom is 0.237 e. The van der Waals surface area contributed by atoms with Crippen LogP contribution in [0, 0.1) is 0 Å². The Morgan fingerprint density at radius 1 is 1.78 bits per heavy atom. The first-order valence-electron chi connectivity index (χ1n) is 2.82. The van der Waals surface area contributed by atoms with Crippen molar-refractivity contribution in [3.63, 3.8) is 0 Å². The summed E-state index contributed by atoms with van der Waals surface area (Å²) in [7, 11) is 0. The number of hydrogen-bond donors (Lipinski definition) is 3. The van der Waals surface area contributed by atoms with Gasteiger partial charge in [-0.15, -0.1) is 0 Å². The van der Waals surface area contributed by atoms with E-state index in [1.54, 1.807) is 6.92 Å². The van der Waals surface area contributed by atoms with Crippen LogP contribution in [0.1, 0.15) is 13.3 Å². The number of hydrogen-bond acceptors (Lipinski definition) is 3. The predicted octanol–water partition coefficient (Wildman–Crippen LogP) is -1.43. The van der Waals surface area contributed by atoms with E-state index in [-0.39, 0.29) is 0 Å². The van der Waals surface area contributed by atoms with E-state index in [0.29, 0.717) is 6.42 Å². The molecule has 2 atom stereocenters. The molecule has 0 aromatic carbocycles. The molecule has 5 N–H and O–H groups in total. The van der Waals surface area contributed by atoms with Crippen molar-refractivity contribution in [3.05, 3.63) is 0 Å². The lowest BCUT2D eigenvalue weighted by Crippen LogP contribution is -2.45. The Balaban J connectivity index is 3.72. The van der Waals surface area contributed by atoms with Crippen molar-refractivity contribution in [1.82, 2.24) is 0 Å². The van der Waals surface area contributed by atoms with E-state index in [2.05, 4.69) is 0 Å². The Bertz CT molecular complexity index is 105. The van der Waals surface area contributed by atoms with E-state index in [1.807, 2.05) is 0 Å². The highest BCUT2D eigenvalue weighted by Gasteiger charge is 2.17. The van der Waals surface area contributed by atoms with Gasteiger partial charge >= 0.3 is 0 Å². The van der Waals surface area contributed by atoms with Crippen LogP contribution in [0.5, 0.6) is 0 Å². The third-order valence-corrected chi connectivity index (χ3v) is 1.16. The van der Waals surface area contributed by atoms with Gasteiger partial charge < -0.3 is 16.6 Å². The highest BCUT2D eigenvalue weighted by molar-refractivity contribution is 5.80. The average Bonchev–Trinajstić information content (AvgIpc) is 1.84. The molecule has 0 fully saturated rings. The monoisotopic (exact) mass is 132 g/mol. The number of aliphatic hydroxyl groups is 1. The van der Waals surface area contributed by atoms with Crippen molar-refractivity contribution in [2.45, 2.75) is 25.5 Å². The second-order valence-electron chi connectivity index (χ2n) is 1.90. The highest BCUT2D eigenvalue weighted by Crippen LogP contribution is 1.93. The summed E-state index contributed by atoms with van der Waals surface area (Å²) in [6.45, 7) is 1.73. The number of amides is 1. The Kier molecular flexibility index (Phi) is 3.19. The molecule has 0 aliphatic carbocycles. The standard InChI is InChI=1S/C5H12N2O2/c1-2-3(8)4(6)5(7)9/h3-4,8H,2,6H2,1H3,(H2,7,9)/t3-,4+/m1/s1. The molecule has 4 nitrogen and oxygen atoms in total. The second-order valence-corrected chi connectivity index (χ2v) is 1.90. The van der Waals surface area contributed by atoms with Crippen molar-refractivity contribution in [2.24, 2.45) is 11.5 Å². The molecule has 0 spiro atoms. The van der Waals surface area contributed by atoms with Crippen molar-refractivity contribution >= 4 is 5.91 Å². The van der Waals surface area contributed by atoms with Crippen molar-refractivity contribution in [3.8, 4) is 0 Å². The summed E-state index contributed by atoms with van der Waals surface area (Å²) in [6, 6.07) is -0.921. The number of rotatable bonds is 3. The van der Waals surface area contributed by atoms with Crippen LogP contribution in [0.4, 0.5) is 0 Å². The molecule has 0 aromatic heterocycles. The number of nitrogens with two attached hydrogens (primary N) is 2. The Hall–Kier alpha value is -0.610. The van der Waals surface area contributed by atoms with Gasteiger partial charge in [-0.05, 0) is 6.42 Å². The highest BCUT2D eigenvalue weighted by atomic mass is 16.3. The fourth-order valence-electron chi connectivity index (χ4n) is 0.444. The molecule has 0 radical (unpaired) electrons. The van der Waals surface area contributed by atoms with E-state index >= 15 is 0 Å². The molecule has 54 valence electrons. The normalized spacial score (nSPS) is 16.8. The van der Waals surface area contributed by atoms with Crippen LogP contribution < -0.4 is 11.5 Å². The number of aliphatic hydroxyl groups excluding tert-OH is 1. The maximum absolute atomic E-state index is 10.2. The minimum absolute atomic E-state index is 0.449. The first kappa shape index (κ1) is 8.39. The number of carbonyl (C=O) groups excluding carboxylic acids is 1. The van der Waals surface area contributed by atoms with Crippen LogP contribution in [0.2, 0.25) is 0 Å². The smallest absolute Gasteiger partial charge is 0.237 e. The Morgan fingerprint density at radius 2 is 2.22 bits per heavy atom. The van der Waals surface area contributed by atoms with Gasteiger partial charge in [0.1, 0.15) is 6.04 Å². The van der Waals surface area contributed by atoms with E-state index < -0.39 is 18.1 Å². The van der Waals surface area contributed by atoms with Gasteiger partial charge in [0.25, 0.3) is 0 Å². The summed E-state index contributed by atoms with van der Waals surface area (Å²) in [5.41, 5.74) is 9.93. The van der Waals surface area contributed by atoms with Gasteiger partial charge in [0.05, 0.1) is 6.10 Å². The Labute approximate surface area is 53.8 Å². The zero-order valence-electron chi connectivity index (χ0n) is 5.37. The lowest BCUT2D eigenvalue weighted by Gasteiger charge is -2.12. The molecule has 0 heterocycles. The van der Waals surface area contributed by atoms with Gasteiger partial charge in [-0.1, -0.05) is 6.92 Å². The van der Waals surface area contributed by atoms with Crippen LogP contribution >= 0.6 is 0 Å². The third kappa shape index (κ3) is 2.43. The molecule has 1 amide bonds. The van der Waals surface area contributed by atoms with Crippen LogP contribution in [0.3, 0.4) is 0 Å². The molecule has 0 aliphatic rings. The van der Waals surface area contributed by atoms with Crippen LogP contribution in [0.15, 0.2) is 0 Å². The number of primary amides is 1. The van der Waals surface area contributed by atoms with Gasteiger partial charge in [0.15, 0.2) is 0 Å². The van der Waals surface area contributed by atoms with Gasteiger partial charge in [-0.2, -0.15) is 0 Å². The summed E-state index contributed by atoms with van der Waals surface area (Å²) >= 11 is 0. The van der Waals surface area contributed by atoms with E-state index in [4.69, 9.17) is 16.6 Å². The summed E-state index contributed by atoms with van der Waals surface area (Å²) in [6.07, 6.45) is -0.355. The topological polar surface area (TPSA) is 89.3 Å². The third-order valence-electron chi connectivity index (χ3n) is 1.16. The first-order valence-corrected chi connectivity index (χ1v) is 2.82. The number of carbonyl (C=O) groups is 1. The largest absolute Gasteiger partial charge is 0.391 e. The van der Waals surface area contributed by atoms with Gasteiger partial charge in [0.2, 0.25) is 5.91 Å². The van der Waals surface area contributed by atoms with E-state index in [1.165, 1.54) is 0 Å². The minimum atomic E-state index is -0.921. The van der Waals surface area contributed by atoms with Crippen molar-refractivity contribution in [2.75, 3.05) is 0 Å². The summed E-state index contributed by atoms with van der Waals surface area (Å²) in [5.74, 6) is -0.663. The van der Waals surface area contributed by atoms with Crippen LogP contribution in [-0.2, 0) is 4.79 Å². The molecular weight excluding hydrogens is 120 g/mol. The van der Waals surface area contributed by atoms with E-state index in [0.717, 1.165) is 0 Å². The lowest BCUT2D eigenvalue weighted by atomic mass is 10.1. The molecule has 0 aliphatic heterocycles. The molecular formula is C5H12N2O2. The van der Waals surface area contributed by atoms with Gasteiger partial charge in [-0.25, -0.2) is 0 Å². The van der Waals surface area contributed by atoms with Crippen molar-refractivity contribution < 1.29 is 9.90 Å². The fourth-order valence-corrected chi connectivity index (χ4v) is 0.444. The zero-order chi connectivity index (χ0) is 7.44. The lowest BCUT2D eigenvalue weighted by molar-refractivity contribution is -0.121. The van der Waals surface area contributed by atoms with Crippen molar-refractivity contribution in [1.29, 1.82) is 0 Å². The summed E-state index contributed by atoms with van der Waals surface area (Å²) < 4.78 is 0.